The average molecular weight is 836 g/mol. The zero-order valence-electron chi connectivity index (χ0n) is 30.9. The zero-order valence-corrected chi connectivity index (χ0v) is 32.4. The first-order valence-electron chi connectivity index (χ1n) is 18.8. The number of rotatable bonds is 7. The molecule has 0 saturated carbocycles. The molecule has 6 nitrogen and oxygen atoms in total. The van der Waals surface area contributed by atoms with E-state index in [-0.39, 0.29) is 20.4 Å². The van der Waals surface area contributed by atoms with Gasteiger partial charge in [0.05, 0.1) is 28.2 Å². The molecule has 0 amide bonds. The summed E-state index contributed by atoms with van der Waals surface area (Å²) in [5.41, 5.74) is 10.1. The molecule has 0 N–H and O–H groups in total. The summed E-state index contributed by atoms with van der Waals surface area (Å²) in [5.74, 6) is 1.91. The molecule has 3 aromatic heterocycles. The summed E-state index contributed by atoms with van der Waals surface area (Å²) in [4.78, 5) is 9.07. The van der Waals surface area contributed by atoms with Gasteiger partial charge in [0.1, 0.15) is 11.5 Å². The molecule has 0 radical (unpaired) electrons. The molecule has 0 unspecified atom stereocenters. The first-order valence-corrected chi connectivity index (χ1v) is 18.8. The predicted molar refractivity (Wildman–Crippen MR) is 230 cm³/mol. The van der Waals surface area contributed by atoms with Gasteiger partial charge in [0, 0.05) is 30.0 Å². The fourth-order valence-electron chi connectivity index (χ4n) is 7.99. The fourth-order valence-corrected chi connectivity index (χ4v) is 7.99. The van der Waals surface area contributed by atoms with Crippen molar-refractivity contribution < 1.29 is 25.2 Å². The minimum Gasteiger partial charge on any atom is -0.509 e. The Morgan fingerprint density at radius 2 is 1.26 bits per heavy atom. The van der Waals surface area contributed by atoms with Gasteiger partial charge in [-0.1, -0.05) is 113 Å². The number of pyridine rings is 2. The van der Waals surface area contributed by atoms with Gasteiger partial charge in [0.25, 0.3) is 5.69 Å². The number of para-hydroxylation sites is 1. The van der Waals surface area contributed by atoms with Gasteiger partial charge in [-0.15, -0.1) is 23.6 Å². The number of aromatic nitrogens is 3. The largest absolute Gasteiger partial charge is 2.00 e. The molecule has 274 valence electrons. The van der Waals surface area contributed by atoms with Crippen LogP contribution >= 0.6 is 0 Å². The van der Waals surface area contributed by atoms with E-state index in [1.807, 2.05) is 60.9 Å². The van der Waals surface area contributed by atoms with Crippen LogP contribution in [0.2, 0.25) is 0 Å². The van der Waals surface area contributed by atoms with Crippen molar-refractivity contribution in [2.45, 2.75) is 0 Å². The molecule has 58 heavy (non-hydrogen) atoms. The van der Waals surface area contributed by atoms with Crippen molar-refractivity contribution >= 4 is 61.3 Å². The molecule has 7 aromatic carbocycles. The average Bonchev–Trinajstić information content (AvgIpc) is 3.83. The molecule has 10 aromatic rings. The van der Waals surface area contributed by atoms with E-state index in [4.69, 9.17) is 4.74 Å². The molecule has 0 atom stereocenters. The van der Waals surface area contributed by atoms with Gasteiger partial charge in [0.2, 0.25) is 5.69 Å². The monoisotopic (exact) mass is 835 g/mol. The van der Waals surface area contributed by atoms with Crippen molar-refractivity contribution in [2.75, 3.05) is 0 Å². The van der Waals surface area contributed by atoms with Crippen LogP contribution in [0.5, 0.6) is 11.5 Å². The van der Waals surface area contributed by atoms with Crippen LogP contribution in [0.25, 0.3) is 60.6 Å². The van der Waals surface area contributed by atoms with Crippen LogP contribution in [0.3, 0.4) is 0 Å². The Morgan fingerprint density at radius 1 is 0.534 bits per heavy atom. The summed E-state index contributed by atoms with van der Waals surface area (Å²) < 4.78 is 13.0. The van der Waals surface area contributed by atoms with Gasteiger partial charge in [0.15, 0.2) is 0 Å². The van der Waals surface area contributed by atoms with Gasteiger partial charge in [-0.05, 0) is 68.9 Å². The molecule has 11 rings (SSSR count). The molecule has 0 fully saturated rings. The Labute approximate surface area is 348 Å². The van der Waals surface area contributed by atoms with E-state index < -0.39 is 0 Å². The fraction of sp³-hybridized carbons (Fsp3) is 0. The number of nitrogens with zero attached hydrogens (tertiary/aromatic N) is 5. The maximum atomic E-state index is 6.57. The first kappa shape index (κ1) is 35.2. The summed E-state index contributed by atoms with van der Waals surface area (Å²) in [6.07, 6.45) is 5.47. The van der Waals surface area contributed by atoms with E-state index in [0.29, 0.717) is 11.5 Å². The Kier molecular flexibility index (Phi) is 8.90. The van der Waals surface area contributed by atoms with E-state index in [1.54, 1.807) is 6.20 Å². The summed E-state index contributed by atoms with van der Waals surface area (Å²) in [7, 11) is 0. The SMILES string of the molecule is C1=[N+](c2[c-]c(Oc3[c-]c4c(cc3)c3ccncc3n4-c3ccccn3)ccc2)c2ccc3ccccc3c2[N+]=1c1c(-c2ccccc2)cccc1-c1ccccc1.[Pd+2]. The molecule has 4 heterocycles. The van der Waals surface area contributed by atoms with E-state index in [9.17, 15) is 0 Å². The summed E-state index contributed by atoms with van der Waals surface area (Å²) in [6.45, 7) is 0. The van der Waals surface area contributed by atoms with Crippen LogP contribution < -0.4 is 13.9 Å². The maximum Gasteiger partial charge on any atom is 2.00 e. The predicted octanol–water partition coefficient (Wildman–Crippen LogP) is 12.3. The molecule has 0 aliphatic carbocycles. The quantitative estimate of drug-likeness (QED) is 0.0913. The van der Waals surface area contributed by atoms with Crippen molar-refractivity contribution in [3.63, 3.8) is 0 Å². The van der Waals surface area contributed by atoms with Gasteiger partial charge in [-0.2, -0.15) is 12.1 Å². The van der Waals surface area contributed by atoms with Crippen molar-refractivity contribution in [3.05, 3.63) is 201 Å². The Bertz CT molecular complexity index is 3190. The second-order valence-corrected chi connectivity index (χ2v) is 13.9. The van der Waals surface area contributed by atoms with Crippen LogP contribution in [0.15, 0.2) is 188 Å². The second-order valence-electron chi connectivity index (χ2n) is 13.9. The standard InChI is InChI=1S/C51H31N5O.Pd/c1-3-13-35(14-4-1)41-21-12-22-42(36-15-5-2-6-16-36)50(41)55-34-54(46-27-24-37-17-7-8-20-43(37)51(46)55)38-18-11-19-39(31-38)57-40-25-26-44-45-28-30-52-33-48(45)56(47(44)32-40)49-23-9-10-29-53-49;/h1-30,33H;/q;+2. The minimum absolute atomic E-state index is 0. The van der Waals surface area contributed by atoms with E-state index in [2.05, 4.69) is 163 Å². The van der Waals surface area contributed by atoms with E-state index in [0.717, 1.165) is 83.4 Å². The third-order valence-corrected chi connectivity index (χ3v) is 10.5. The molecule has 0 bridgehead atoms. The Morgan fingerprint density at radius 3 is 2.03 bits per heavy atom. The first-order chi connectivity index (χ1) is 28.3. The summed E-state index contributed by atoms with van der Waals surface area (Å²) in [6, 6.07) is 69.4. The third-order valence-electron chi connectivity index (χ3n) is 10.5. The molecular formula is C51H31N5OPd+2. The second kappa shape index (κ2) is 14.7. The van der Waals surface area contributed by atoms with Crippen molar-refractivity contribution in [3.8, 4) is 39.6 Å². The van der Waals surface area contributed by atoms with E-state index in [1.165, 1.54) is 0 Å². The summed E-state index contributed by atoms with van der Waals surface area (Å²) >= 11 is 0. The van der Waals surface area contributed by atoms with E-state index >= 15 is 0 Å². The Balaban J connectivity index is 0.00000408. The molecule has 0 saturated heterocycles. The van der Waals surface area contributed by atoms with Crippen molar-refractivity contribution in [1.82, 2.24) is 23.7 Å². The van der Waals surface area contributed by atoms with Gasteiger partial charge >= 0.3 is 32.1 Å². The maximum absolute atomic E-state index is 6.57. The van der Waals surface area contributed by atoms with Crippen molar-refractivity contribution in [1.29, 1.82) is 0 Å². The Hall–Kier alpha value is -7.26. The zero-order chi connectivity index (χ0) is 37.7. The molecule has 7 heteroatoms. The number of hydrogen-bond acceptors (Lipinski definition) is 3. The number of benzene rings is 7. The van der Waals surface area contributed by atoms with Gasteiger partial charge < -0.3 is 9.30 Å². The van der Waals surface area contributed by atoms with Gasteiger partial charge in [-0.25, -0.2) is 4.98 Å². The van der Waals surface area contributed by atoms with Crippen LogP contribution in [-0.2, 0) is 20.4 Å². The van der Waals surface area contributed by atoms with Crippen LogP contribution in [0.1, 0.15) is 0 Å². The number of hydrogen-bond donors (Lipinski definition) is 0. The van der Waals surface area contributed by atoms with Crippen LogP contribution in [0.4, 0.5) is 22.7 Å². The molecule has 1 aliphatic heterocycles. The molecule has 1 aliphatic rings. The minimum atomic E-state index is 0. The van der Waals surface area contributed by atoms with Crippen LogP contribution in [-0.4, -0.2) is 20.5 Å². The molecular weight excluding hydrogens is 805 g/mol. The van der Waals surface area contributed by atoms with Crippen molar-refractivity contribution in [2.24, 2.45) is 0 Å². The normalized spacial score (nSPS) is 11.9. The number of fused-ring (bicyclic) bond motifs is 6. The third kappa shape index (κ3) is 5.94. The van der Waals surface area contributed by atoms with Crippen LogP contribution in [0, 0.1) is 12.1 Å². The topological polar surface area (TPSA) is 46.0 Å². The molecule has 0 spiro atoms. The number of ether oxygens (including phenoxy) is 1. The van der Waals surface area contributed by atoms with Gasteiger partial charge in [-0.3, -0.25) is 4.98 Å². The smallest absolute Gasteiger partial charge is 0.509 e. The summed E-state index contributed by atoms with van der Waals surface area (Å²) in [5, 5.41) is 4.39.